The van der Waals surface area contributed by atoms with Crippen LogP contribution in [0.1, 0.15) is 6.92 Å². The summed E-state index contributed by atoms with van der Waals surface area (Å²) >= 11 is 1.72. The number of thioether (sulfide) groups is 1. The number of hydrogen-bond donors (Lipinski definition) is 1. The molecule has 1 N–H and O–H groups in total. The number of nitrogens with zero attached hydrogens (tertiary/aromatic N) is 1. The van der Waals surface area contributed by atoms with Gasteiger partial charge < -0.3 is 9.84 Å². The van der Waals surface area contributed by atoms with Crippen LogP contribution in [0.4, 0.5) is 4.39 Å². The van der Waals surface area contributed by atoms with Crippen molar-refractivity contribution < 1.29 is 14.2 Å². The van der Waals surface area contributed by atoms with Crippen LogP contribution in [0.2, 0.25) is 0 Å². The Bertz CT molecular complexity index is 388. The van der Waals surface area contributed by atoms with Crippen molar-refractivity contribution in [3.05, 3.63) is 30.1 Å². The lowest BCUT2D eigenvalue weighted by molar-refractivity contribution is -0.0935. The van der Waals surface area contributed by atoms with Gasteiger partial charge in [-0.2, -0.15) is 0 Å². The third kappa shape index (κ3) is 4.76. The van der Waals surface area contributed by atoms with Crippen LogP contribution in [0.25, 0.3) is 0 Å². The summed E-state index contributed by atoms with van der Waals surface area (Å²) in [5.41, 5.74) is 0. The average Bonchev–Trinajstić information content (AvgIpc) is 2.40. The van der Waals surface area contributed by atoms with Crippen molar-refractivity contribution in [3.8, 4) is 0 Å². The van der Waals surface area contributed by atoms with Crippen molar-refractivity contribution in [1.29, 1.82) is 0 Å². The molecular formula is C14H20FNO2S. The van der Waals surface area contributed by atoms with Crippen molar-refractivity contribution in [3.63, 3.8) is 0 Å². The largest absolute Gasteiger partial charge is 0.394 e. The van der Waals surface area contributed by atoms with E-state index in [1.54, 1.807) is 23.9 Å². The molecule has 19 heavy (non-hydrogen) atoms. The highest BCUT2D eigenvalue weighted by atomic mass is 32.2. The van der Waals surface area contributed by atoms with Crippen LogP contribution in [0.3, 0.4) is 0 Å². The lowest BCUT2D eigenvalue weighted by Crippen LogP contribution is -2.48. The summed E-state index contributed by atoms with van der Waals surface area (Å²) in [7, 11) is 0. The molecule has 1 fully saturated rings. The van der Waals surface area contributed by atoms with Crippen LogP contribution in [-0.2, 0) is 4.74 Å². The number of benzene rings is 1. The maximum Gasteiger partial charge on any atom is 0.123 e. The SMILES string of the molecule is CC1CN(CCSc2ccc(F)cc2)CC(CO)O1. The second kappa shape index (κ2) is 7.24. The number of morpholine rings is 1. The molecule has 5 heteroatoms. The number of halogens is 1. The summed E-state index contributed by atoms with van der Waals surface area (Å²) in [4.78, 5) is 3.40. The monoisotopic (exact) mass is 285 g/mol. The third-order valence-corrected chi connectivity index (χ3v) is 4.09. The van der Waals surface area contributed by atoms with Crippen molar-refractivity contribution in [2.45, 2.75) is 24.0 Å². The van der Waals surface area contributed by atoms with Crippen LogP contribution in [0, 0.1) is 5.82 Å². The molecule has 2 unspecified atom stereocenters. The maximum absolute atomic E-state index is 12.8. The highest BCUT2D eigenvalue weighted by Crippen LogP contribution is 2.19. The summed E-state index contributed by atoms with van der Waals surface area (Å²) < 4.78 is 18.4. The van der Waals surface area contributed by atoms with E-state index in [2.05, 4.69) is 4.90 Å². The van der Waals surface area contributed by atoms with Crippen molar-refractivity contribution >= 4 is 11.8 Å². The lowest BCUT2D eigenvalue weighted by Gasteiger charge is -2.35. The lowest BCUT2D eigenvalue weighted by atomic mass is 10.2. The van der Waals surface area contributed by atoms with Gasteiger partial charge in [-0.05, 0) is 31.2 Å². The zero-order valence-corrected chi connectivity index (χ0v) is 11.9. The number of ether oxygens (including phenoxy) is 1. The highest BCUT2D eigenvalue weighted by Gasteiger charge is 2.24. The van der Waals surface area contributed by atoms with Crippen LogP contribution >= 0.6 is 11.8 Å². The van der Waals surface area contributed by atoms with E-state index in [-0.39, 0.29) is 24.6 Å². The second-order valence-corrected chi connectivity index (χ2v) is 5.98. The molecule has 1 aromatic carbocycles. The fourth-order valence-corrected chi connectivity index (χ4v) is 3.16. The Morgan fingerprint density at radius 2 is 2.11 bits per heavy atom. The molecule has 0 aromatic heterocycles. The highest BCUT2D eigenvalue weighted by molar-refractivity contribution is 7.99. The third-order valence-electron chi connectivity index (χ3n) is 3.10. The van der Waals surface area contributed by atoms with Crippen molar-refractivity contribution in [1.82, 2.24) is 4.90 Å². The molecule has 2 rings (SSSR count). The van der Waals surface area contributed by atoms with Gasteiger partial charge in [0.05, 0.1) is 18.8 Å². The summed E-state index contributed by atoms with van der Waals surface area (Å²) in [5.74, 6) is 0.758. The van der Waals surface area contributed by atoms with E-state index < -0.39 is 0 Å². The molecule has 1 heterocycles. The molecule has 0 bridgehead atoms. The van der Waals surface area contributed by atoms with Crippen LogP contribution in [-0.4, -0.2) is 54.2 Å². The zero-order valence-electron chi connectivity index (χ0n) is 11.1. The van der Waals surface area contributed by atoms with Crippen LogP contribution in [0.15, 0.2) is 29.2 Å². The fourth-order valence-electron chi connectivity index (χ4n) is 2.25. The quantitative estimate of drug-likeness (QED) is 0.839. The Morgan fingerprint density at radius 3 is 2.79 bits per heavy atom. The van der Waals surface area contributed by atoms with Crippen LogP contribution in [0.5, 0.6) is 0 Å². The van der Waals surface area contributed by atoms with E-state index in [4.69, 9.17) is 9.84 Å². The first kappa shape index (κ1) is 14.8. The summed E-state index contributed by atoms with van der Waals surface area (Å²) in [6, 6.07) is 6.58. The van der Waals surface area contributed by atoms with Gasteiger partial charge in [0.2, 0.25) is 0 Å². The minimum absolute atomic E-state index is 0.0698. The predicted octanol–water partition coefficient (Wildman–Crippen LogP) is 2.00. The summed E-state index contributed by atoms with van der Waals surface area (Å²) in [5, 5.41) is 9.16. The Balaban J connectivity index is 1.74. The minimum Gasteiger partial charge on any atom is -0.394 e. The van der Waals surface area contributed by atoms with Crippen LogP contribution < -0.4 is 0 Å². The van der Waals surface area contributed by atoms with E-state index in [1.807, 2.05) is 6.92 Å². The molecule has 0 amide bonds. The van der Waals surface area contributed by atoms with E-state index in [0.29, 0.717) is 0 Å². The fraction of sp³-hybridized carbons (Fsp3) is 0.571. The predicted molar refractivity (Wildman–Crippen MR) is 75.0 cm³/mol. The van der Waals surface area contributed by atoms with Crippen molar-refractivity contribution in [2.75, 3.05) is 32.0 Å². The van der Waals surface area contributed by atoms with E-state index in [9.17, 15) is 4.39 Å². The standard InChI is InChI=1S/C14H20FNO2S/c1-11-8-16(9-13(10-17)18-11)6-7-19-14-4-2-12(15)3-5-14/h2-5,11,13,17H,6-10H2,1H3. The van der Waals surface area contributed by atoms with Gasteiger partial charge in [0.25, 0.3) is 0 Å². The van der Waals surface area contributed by atoms with Gasteiger partial charge in [-0.3, -0.25) is 4.90 Å². The number of hydrogen-bond acceptors (Lipinski definition) is 4. The van der Waals surface area contributed by atoms with Gasteiger partial charge in [-0.15, -0.1) is 11.8 Å². The molecule has 0 aliphatic carbocycles. The molecule has 1 aliphatic heterocycles. The number of aliphatic hydroxyl groups is 1. The molecule has 0 spiro atoms. The Morgan fingerprint density at radius 1 is 1.37 bits per heavy atom. The van der Waals surface area contributed by atoms with E-state index in [1.165, 1.54) is 12.1 Å². The van der Waals surface area contributed by atoms with Gasteiger partial charge >= 0.3 is 0 Å². The molecule has 2 atom stereocenters. The molecule has 1 aromatic rings. The number of aliphatic hydroxyl groups excluding tert-OH is 1. The van der Waals surface area contributed by atoms with E-state index >= 15 is 0 Å². The van der Waals surface area contributed by atoms with E-state index in [0.717, 1.165) is 30.3 Å². The molecular weight excluding hydrogens is 265 g/mol. The molecule has 1 saturated heterocycles. The summed E-state index contributed by atoms with van der Waals surface area (Å²) in [6.07, 6.45) is 0.0984. The first-order valence-corrected chi connectivity index (χ1v) is 7.53. The summed E-state index contributed by atoms with van der Waals surface area (Å²) in [6.45, 7) is 4.74. The van der Waals surface area contributed by atoms with Gasteiger partial charge in [-0.25, -0.2) is 4.39 Å². The first-order valence-electron chi connectivity index (χ1n) is 6.54. The van der Waals surface area contributed by atoms with Gasteiger partial charge in [0, 0.05) is 30.3 Å². The number of rotatable bonds is 5. The minimum atomic E-state index is -0.197. The van der Waals surface area contributed by atoms with Crippen molar-refractivity contribution in [2.24, 2.45) is 0 Å². The average molecular weight is 285 g/mol. The molecule has 0 saturated carbocycles. The van der Waals surface area contributed by atoms with Gasteiger partial charge in [-0.1, -0.05) is 0 Å². The maximum atomic E-state index is 12.8. The first-order chi connectivity index (χ1) is 9.17. The Labute approximate surface area is 117 Å². The van der Waals surface area contributed by atoms with Gasteiger partial charge in [0.1, 0.15) is 5.82 Å². The Kier molecular flexibility index (Phi) is 5.63. The zero-order chi connectivity index (χ0) is 13.7. The second-order valence-electron chi connectivity index (χ2n) is 4.81. The molecule has 106 valence electrons. The molecule has 0 radical (unpaired) electrons. The molecule has 1 aliphatic rings. The molecule has 3 nitrogen and oxygen atoms in total. The smallest absolute Gasteiger partial charge is 0.123 e. The topological polar surface area (TPSA) is 32.7 Å². The Hall–Kier alpha value is -0.620. The normalized spacial score (nSPS) is 24.6. The van der Waals surface area contributed by atoms with Gasteiger partial charge in [0.15, 0.2) is 0 Å².